The first-order chi connectivity index (χ1) is 34.7. The van der Waals surface area contributed by atoms with E-state index in [1.807, 2.05) is 0 Å². The predicted octanol–water partition coefficient (Wildman–Crippen LogP) is 9.89. The maximum Gasteiger partial charge on any atom is 0.315 e. The number of carbonyl (C=O) groups excluding carboxylic acids is 1. The molecule has 8 rings (SSSR count). The maximum absolute atomic E-state index is 13.2. The normalized spacial score (nSPS) is 40.6. The fourth-order valence-electron chi connectivity index (χ4n) is 13.4. The van der Waals surface area contributed by atoms with Gasteiger partial charge in [0.05, 0.1) is 58.8 Å². The summed E-state index contributed by atoms with van der Waals surface area (Å²) in [6.07, 6.45) is 19.0. The first-order valence-corrected chi connectivity index (χ1v) is 31.2. The van der Waals surface area contributed by atoms with Crippen LogP contribution in [0.3, 0.4) is 0 Å². The van der Waals surface area contributed by atoms with Crippen LogP contribution in [0.1, 0.15) is 167 Å². The highest BCUT2D eigenvalue weighted by Gasteiger charge is 2.47. The largest absolute Gasteiger partial charge is 0.335 e. The van der Waals surface area contributed by atoms with Gasteiger partial charge in [0.25, 0.3) is 20.2 Å². The molecule has 0 spiro atoms. The molecule has 0 aliphatic heterocycles. The average molecular weight is 1090 g/mol. The molecule has 23 nitrogen and oxygen atoms in total. The van der Waals surface area contributed by atoms with E-state index in [1.54, 1.807) is 0 Å². The SMILES string of the molecule is O=C(NC1CCC(N=NC2CCC(N=NC3CCC(SOOO)CC3)C3CC(SOOO)CCC23)CC1)NC1CCC(N=NC2CCC(N=NC3CCC(S(=O)(=O)O)CC3)C3CC(S(=O)(=O)O)CCC23)CC1. The van der Waals surface area contributed by atoms with Gasteiger partial charge in [-0.25, -0.2) is 15.3 Å². The van der Waals surface area contributed by atoms with Crippen LogP contribution in [-0.2, 0) is 39.0 Å². The van der Waals surface area contributed by atoms with Crippen LogP contribution in [-0.4, -0.2) is 124 Å². The summed E-state index contributed by atoms with van der Waals surface area (Å²) in [7, 11) is -8.30. The number of nitrogens with one attached hydrogen (secondary N) is 2. The van der Waals surface area contributed by atoms with Crippen LogP contribution in [0.4, 0.5) is 4.79 Å². The van der Waals surface area contributed by atoms with Gasteiger partial charge in [0, 0.05) is 46.7 Å². The zero-order valence-corrected chi connectivity index (χ0v) is 44.2. The third kappa shape index (κ3) is 16.0. The van der Waals surface area contributed by atoms with Crippen molar-refractivity contribution in [2.24, 2.45) is 64.6 Å². The smallest absolute Gasteiger partial charge is 0.315 e. The van der Waals surface area contributed by atoms with Crippen LogP contribution in [0.2, 0.25) is 0 Å². The summed E-state index contributed by atoms with van der Waals surface area (Å²) in [6.45, 7) is 0. The van der Waals surface area contributed by atoms with Gasteiger partial charge in [-0.3, -0.25) is 9.11 Å². The Morgan fingerprint density at radius 3 is 1.18 bits per heavy atom. The molecular weight excluding hydrogens is 1020 g/mol. The number of hydrogen-bond acceptors (Lipinski definition) is 21. The van der Waals surface area contributed by atoms with Crippen molar-refractivity contribution in [3.8, 4) is 0 Å². The van der Waals surface area contributed by atoms with Crippen LogP contribution >= 0.6 is 24.1 Å². The predicted molar refractivity (Wildman–Crippen MR) is 266 cm³/mol. The van der Waals surface area contributed by atoms with Crippen molar-refractivity contribution < 1.29 is 60.0 Å². The van der Waals surface area contributed by atoms with Crippen LogP contribution in [0.5, 0.6) is 0 Å². The van der Waals surface area contributed by atoms with E-state index in [1.165, 1.54) is 0 Å². The van der Waals surface area contributed by atoms with E-state index in [0.717, 1.165) is 140 Å². The lowest BCUT2D eigenvalue weighted by atomic mass is 9.66. The van der Waals surface area contributed by atoms with Gasteiger partial charge in [0.15, 0.2) is 0 Å². The second-order valence-electron chi connectivity index (χ2n) is 21.9. The van der Waals surface area contributed by atoms with Crippen molar-refractivity contribution in [3.63, 3.8) is 0 Å². The van der Waals surface area contributed by atoms with Crippen molar-refractivity contribution in [3.05, 3.63) is 0 Å². The van der Waals surface area contributed by atoms with Gasteiger partial charge in [-0.2, -0.15) is 57.7 Å². The van der Waals surface area contributed by atoms with E-state index in [2.05, 4.69) is 30.2 Å². The Morgan fingerprint density at radius 2 is 0.750 bits per heavy atom. The molecule has 0 aromatic carbocycles. The Bertz CT molecular complexity index is 2070. The fraction of sp³-hybridized carbons (Fsp3) is 0.978. The Kier molecular flexibility index (Phi) is 20.9. The van der Waals surface area contributed by atoms with Gasteiger partial charge < -0.3 is 10.6 Å². The first-order valence-electron chi connectivity index (χ1n) is 26.6. The Morgan fingerprint density at radius 1 is 0.403 bits per heavy atom. The second-order valence-corrected chi connectivity index (χ2v) is 27.3. The van der Waals surface area contributed by atoms with Crippen LogP contribution in [0, 0.1) is 23.7 Å². The lowest BCUT2D eigenvalue weighted by Gasteiger charge is -2.44. The molecule has 6 N–H and O–H groups in total. The number of rotatable bonds is 18. The summed E-state index contributed by atoms with van der Waals surface area (Å²) in [5, 5.41) is 68.9. The second kappa shape index (κ2) is 26.8. The monoisotopic (exact) mass is 1090 g/mol. The molecule has 8 aliphatic carbocycles. The summed E-state index contributed by atoms with van der Waals surface area (Å²) < 4.78 is 76.5. The number of amides is 2. The minimum Gasteiger partial charge on any atom is -0.335 e. The van der Waals surface area contributed by atoms with Crippen molar-refractivity contribution in [1.82, 2.24) is 10.6 Å². The highest BCUT2D eigenvalue weighted by atomic mass is 32.2. The number of fused-ring (bicyclic) bond motifs is 2. The summed E-state index contributed by atoms with van der Waals surface area (Å²) in [4.78, 5) is 13.2. The Balaban J connectivity index is 0.748. The molecule has 0 aromatic rings. The van der Waals surface area contributed by atoms with Crippen molar-refractivity contribution in [2.45, 2.75) is 248 Å². The molecule has 8 fully saturated rings. The highest BCUT2D eigenvalue weighted by Crippen LogP contribution is 2.48. The zero-order chi connectivity index (χ0) is 50.7. The average Bonchev–Trinajstić information content (AvgIpc) is 3.38. The summed E-state index contributed by atoms with van der Waals surface area (Å²) >= 11 is 2.30. The van der Waals surface area contributed by atoms with Gasteiger partial charge in [-0.05, 0) is 191 Å². The van der Waals surface area contributed by atoms with E-state index in [4.69, 9.17) is 50.6 Å². The topological polar surface area (TPSA) is 326 Å². The van der Waals surface area contributed by atoms with Crippen molar-refractivity contribution in [2.75, 3.05) is 0 Å². The number of azo groups is 4. The lowest BCUT2D eigenvalue weighted by molar-refractivity contribution is -0.432. The fourth-order valence-corrected chi connectivity index (χ4v) is 16.4. The van der Waals surface area contributed by atoms with Gasteiger partial charge in [-0.15, -0.1) is 8.67 Å². The van der Waals surface area contributed by atoms with Gasteiger partial charge >= 0.3 is 6.03 Å². The molecule has 0 heterocycles. The van der Waals surface area contributed by atoms with Crippen molar-refractivity contribution in [1.29, 1.82) is 0 Å². The third-order valence-electron chi connectivity index (χ3n) is 17.4. The molecular formula is C45H76N10O13S4. The number of carbonyl (C=O) groups is 1. The van der Waals surface area contributed by atoms with Crippen LogP contribution in [0.15, 0.2) is 40.9 Å². The molecule has 2 amide bonds. The Hall–Kier alpha value is -2.05. The van der Waals surface area contributed by atoms with Gasteiger partial charge in [0.2, 0.25) is 0 Å². The van der Waals surface area contributed by atoms with Gasteiger partial charge in [0.1, 0.15) is 0 Å². The van der Waals surface area contributed by atoms with E-state index in [9.17, 15) is 30.7 Å². The molecule has 8 aliphatic rings. The molecule has 10 unspecified atom stereocenters. The Labute approximate surface area is 431 Å². The summed E-state index contributed by atoms with van der Waals surface area (Å²) in [5.41, 5.74) is 0. The molecule has 27 heteroatoms. The van der Waals surface area contributed by atoms with Gasteiger partial charge in [-0.1, -0.05) is 10.1 Å². The third-order valence-corrected chi connectivity index (χ3v) is 21.7. The molecule has 72 heavy (non-hydrogen) atoms. The quantitative estimate of drug-likeness (QED) is 0.0244. The maximum atomic E-state index is 13.2. The lowest BCUT2D eigenvalue weighted by Crippen LogP contribution is -2.48. The highest BCUT2D eigenvalue weighted by molar-refractivity contribution is 7.95. The molecule has 0 saturated heterocycles. The molecule has 10 atom stereocenters. The number of nitrogens with zero attached hydrogens (tertiary/aromatic N) is 8. The molecule has 408 valence electrons. The molecule has 0 aromatic heterocycles. The summed E-state index contributed by atoms with van der Waals surface area (Å²) in [6, 6.07) is 0.0399. The molecule has 0 radical (unpaired) electrons. The van der Waals surface area contributed by atoms with E-state index >= 15 is 0 Å². The standard InChI is InChI=1S/C45H76N10O13S4/c56-45(46-27-1-5-29(6-2-27)48-52-41-21-23-43(39-25-34(70-68-66-58)15-19-37(39)41)54-50-31-9-13-33(14-10-31)69-67-65-57)47-28-3-7-30(8-4-28)49-53-42-22-24-44(40-26-36(72(62,63)64)18-20-38(40)42)55-51-32-11-16-35(17-12-32)71(59,60)61/h27-44,57-58H,1-26H2,(H2,46,47,56)(H,59,60,61)(H,62,63,64). The van der Waals surface area contributed by atoms with E-state index < -0.39 is 30.7 Å². The number of urea groups is 1. The minimum atomic E-state index is -4.22. The van der Waals surface area contributed by atoms with Crippen LogP contribution < -0.4 is 10.6 Å². The molecule has 0 bridgehead atoms. The van der Waals surface area contributed by atoms with E-state index in [-0.39, 0.29) is 101 Å². The number of hydrogen-bond donors (Lipinski definition) is 6. The minimum absolute atomic E-state index is 0.0389. The van der Waals surface area contributed by atoms with E-state index in [0.29, 0.717) is 50.9 Å². The van der Waals surface area contributed by atoms with Crippen molar-refractivity contribution >= 4 is 50.4 Å². The first kappa shape index (κ1) is 56.2. The summed E-state index contributed by atoms with van der Waals surface area (Å²) in [5.74, 6) is 0.521. The zero-order valence-electron chi connectivity index (χ0n) is 41.0. The van der Waals surface area contributed by atoms with Crippen LogP contribution in [0.25, 0.3) is 0 Å². The molecule has 8 saturated carbocycles.